The summed E-state index contributed by atoms with van der Waals surface area (Å²) in [5.41, 5.74) is 24.4. The molecule has 0 bridgehead atoms. The maximum atomic E-state index is 3.96. The van der Waals surface area contributed by atoms with Crippen LogP contribution in [0.4, 0.5) is 45.5 Å². The highest BCUT2D eigenvalue weighted by Gasteiger charge is 2.41. The van der Waals surface area contributed by atoms with Crippen molar-refractivity contribution in [1.29, 1.82) is 0 Å². The Morgan fingerprint density at radius 1 is 0.426 bits per heavy atom. The zero-order valence-corrected chi connectivity index (χ0v) is 38.5. The van der Waals surface area contributed by atoms with Crippen molar-refractivity contribution in [1.82, 2.24) is 0 Å². The topological polar surface area (TPSA) is 18.5 Å². The maximum Gasteiger partial charge on any atom is 0.197 e. The van der Waals surface area contributed by atoms with E-state index in [1.54, 1.807) is 0 Å². The number of fused-ring (bicyclic) bond motifs is 4. The molecular weight excluding hydrogens is 822 g/mol. The number of hydrogen-bond acceptors (Lipinski definition) is 3. The Bertz CT molecular complexity index is 3430. The highest BCUT2D eigenvalue weighted by Crippen LogP contribution is 2.53. The first-order valence-corrected chi connectivity index (χ1v) is 23.6. The van der Waals surface area contributed by atoms with Crippen molar-refractivity contribution in [2.45, 2.75) is 26.2 Å². The summed E-state index contributed by atoms with van der Waals surface area (Å²) in [6, 6.07) is 86.1. The summed E-state index contributed by atoms with van der Waals surface area (Å²) in [6.07, 6.45) is 0. The van der Waals surface area contributed by atoms with Crippen LogP contribution in [0.3, 0.4) is 0 Å². The largest absolute Gasteiger partial charge is 0.355 e. The van der Waals surface area contributed by atoms with Gasteiger partial charge >= 0.3 is 0 Å². The summed E-state index contributed by atoms with van der Waals surface area (Å²) < 4.78 is 0. The van der Waals surface area contributed by atoms with Crippen molar-refractivity contribution >= 4 is 63.7 Å². The molecule has 0 aliphatic carbocycles. The quantitative estimate of drug-likeness (QED) is 0.146. The van der Waals surface area contributed by atoms with Gasteiger partial charge in [0.15, 0.2) is 7.28 Å². The summed E-state index contributed by atoms with van der Waals surface area (Å²) in [6.45, 7) is 6.95. The Balaban J connectivity index is 1.10. The van der Waals surface area contributed by atoms with E-state index in [1.807, 2.05) is 0 Å². The highest BCUT2D eigenvalue weighted by molar-refractivity contribution is 6.73. The predicted octanol–water partition coefficient (Wildman–Crippen LogP) is 16.0. The van der Waals surface area contributed by atoms with Crippen LogP contribution in [0.5, 0.6) is 0 Å². The van der Waals surface area contributed by atoms with Gasteiger partial charge in [-0.15, -0.1) is 0 Å². The Labute approximate surface area is 400 Å². The lowest BCUT2D eigenvalue weighted by Crippen LogP contribution is -2.45. The average Bonchev–Trinajstić information content (AvgIpc) is 3.39. The minimum atomic E-state index is -0.171. The van der Waals surface area contributed by atoms with Gasteiger partial charge in [0.2, 0.25) is 0 Å². The van der Waals surface area contributed by atoms with E-state index in [1.165, 1.54) is 66.9 Å². The normalized spacial score (nSPS) is 12.8. The van der Waals surface area contributed by atoms with Crippen molar-refractivity contribution in [3.63, 3.8) is 0 Å². The van der Waals surface area contributed by atoms with Crippen molar-refractivity contribution < 1.29 is 0 Å². The summed E-state index contributed by atoms with van der Waals surface area (Å²) in [4.78, 5) is 4.94. The molecule has 323 valence electrons. The number of rotatable bonds is 9. The summed E-state index contributed by atoms with van der Waals surface area (Å²) in [5.74, 6) is 0. The fourth-order valence-corrected chi connectivity index (χ4v) is 10.6. The van der Waals surface area contributed by atoms with Crippen LogP contribution in [0, 0.1) is 6.92 Å². The van der Waals surface area contributed by atoms with Crippen LogP contribution in [-0.4, -0.2) is 7.28 Å². The van der Waals surface area contributed by atoms with Gasteiger partial charge in [-0.3, -0.25) is 0 Å². The van der Waals surface area contributed by atoms with Crippen molar-refractivity contribution in [3.05, 3.63) is 253 Å². The van der Waals surface area contributed by atoms with E-state index >= 15 is 0 Å². The van der Waals surface area contributed by atoms with Gasteiger partial charge in [0.1, 0.15) is 0 Å². The molecule has 0 aromatic heterocycles. The molecule has 68 heavy (non-hydrogen) atoms. The molecule has 10 aromatic rings. The van der Waals surface area contributed by atoms with Crippen LogP contribution >= 0.6 is 0 Å². The Morgan fingerprint density at radius 3 is 1.69 bits per heavy atom. The molecule has 1 radical (unpaired) electrons. The molecule has 0 atom stereocenters. The lowest BCUT2D eigenvalue weighted by Gasteiger charge is -2.46. The molecule has 12 rings (SSSR count). The summed E-state index contributed by atoms with van der Waals surface area (Å²) >= 11 is 0. The fourth-order valence-electron chi connectivity index (χ4n) is 10.6. The molecule has 0 fully saturated rings. The first-order valence-electron chi connectivity index (χ1n) is 23.6. The molecule has 3 nitrogen and oxygen atoms in total. The van der Waals surface area contributed by atoms with Gasteiger partial charge in [-0.25, -0.2) is 0 Å². The molecule has 0 spiro atoms. The number of para-hydroxylation sites is 3. The molecule has 4 heteroatoms. The minimum Gasteiger partial charge on any atom is -0.355 e. The standard InChI is InChI=1S/C64H49BN3/c1-43-20-13-14-31-53(43)48-40-55(62-61(41-48)68-60-35-16-15-32-56(60)64(2,3)57-33-19-34-58(65-62)63(57)68)54-37-36-52(42-59(54)66-49-27-11-6-12-28-49)67(50-29-17-25-46(38-50)44-21-7-4-8-22-44)51-30-18-26-47(39-51)45-23-9-5-10-24-45/h4-42,66H,1-3H3. The first kappa shape index (κ1) is 41.1. The third-order valence-corrected chi connectivity index (χ3v) is 14.0. The monoisotopic (exact) mass is 870 g/mol. The van der Waals surface area contributed by atoms with Crippen LogP contribution in [0.25, 0.3) is 44.5 Å². The van der Waals surface area contributed by atoms with E-state index in [-0.39, 0.29) is 5.41 Å². The molecule has 2 aliphatic rings. The van der Waals surface area contributed by atoms with Gasteiger partial charge in [-0.2, -0.15) is 0 Å². The second-order valence-electron chi connectivity index (χ2n) is 18.5. The molecule has 2 heterocycles. The summed E-state index contributed by atoms with van der Waals surface area (Å²) in [5, 5.41) is 3.96. The zero-order chi connectivity index (χ0) is 45.8. The van der Waals surface area contributed by atoms with Gasteiger partial charge < -0.3 is 15.1 Å². The van der Waals surface area contributed by atoms with E-state index in [9.17, 15) is 0 Å². The van der Waals surface area contributed by atoms with Gasteiger partial charge in [0.25, 0.3) is 0 Å². The maximum absolute atomic E-state index is 3.96. The Hall–Kier alpha value is -8.34. The van der Waals surface area contributed by atoms with Crippen molar-refractivity contribution in [3.8, 4) is 44.5 Å². The van der Waals surface area contributed by atoms with Crippen LogP contribution < -0.4 is 26.0 Å². The van der Waals surface area contributed by atoms with Crippen molar-refractivity contribution in [2.24, 2.45) is 0 Å². The summed E-state index contributed by atoms with van der Waals surface area (Å²) in [7, 11) is 2.43. The number of benzene rings is 10. The van der Waals surface area contributed by atoms with E-state index in [0.29, 0.717) is 0 Å². The minimum absolute atomic E-state index is 0.171. The number of hydrogen-bond donors (Lipinski definition) is 1. The van der Waals surface area contributed by atoms with Crippen LogP contribution in [0.15, 0.2) is 237 Å². The lowest BCUT2D eigenvalue weighted by molar-refractivity contribution is 0.632. The highest BCUT2D eigenvalue weighted by atomic mass is 15.2. The zero-order valence-electron chi connectivity index (χ0n) is 38.5. The molecule has 1 N–H and O–H groups in total. The van der Waals surface area contributed by atoms with E-state index in [2.05, 4.69) is 280 Å². The molecular formula is C64H49BN3. The molecule has 0 amide bonds. The Kier molecular flexibility index (Phi) is 10.2. The number of nitrogens with zero attached hydrogens (tertiary/aromatic N) is 2. The van der Waals surface area contributed by atoms with Gasteiger partial charge in [-0.05, 0) is 135 Å². The smallest absolute Gasteiger partial charge is 0.197 e. The number of nitrogens with one attached hydrogen (secondary N) is 1. The fraction of sp³-hybridized carbons (Fsp3) is 0.0625. The molecule has 0 unspecified atom stereocenters. The molecule has 10 aromatic carbocycles. The molecule has 0 saturated heterocycles. The predicted molar refractivity (Wildman–Crippen MR) is 289 cm³/mol. The Morgan fingerprint density at radius 2 is 1.00 bits per heavy atom. The van der Waals surface area contributed by atoms with Crippen molar-refractivity contribution in [2.75, 3.05) is 15.1 Å². The average molecular weight is 871 g/mol. The SMILES string of the molecule is Cc1ccccc1-c1cc(-c2ccc(N(c3cccc(-c4ccccc4)c3)c3cccc(-c4ccccc4)c3)cc2Nc2ccccc2)c2c(c1)N1c3ccccc3C(C)(C)c3cccc(c31)[B]2. The van der Waals surface area contributed by atoms with E-state index < -0.39 is 0 Å². The second-order valence-corrected chi connectivity index (χ2v) is 18.5. The van der Waals surface area contributed by atoms with Crippen LogP contribution in [-0.2, 0) is 5.41 Å². The number of anilines is 8. The third kappa shape index (κ3) is 7.17. The number of aryl methyl sites for hydroxylation is 1. The molecule has 2 aliphatic heterocycles. The van der Waals surface area contributed by atoms with Gasteiger partial charge in [-0.1, -0.05) is 189 Å². The van der Waals surface area contributed by atoms with Crippen LogP contribution in [0.1, 0.15) is 30.5 Å². The second kappa shape index (κ2) is 16.8. The van der Waals surface area contributed by atoms with Crippen LogP contribution in [0.2, 0.25) is 0 Å². The van der Waals surface area contributed by atoms with Gasteiger partial charge in [0, 0.05) is 50.8 Å². The van der Waals surface area contributed by atoms with Gasteiger partial charge in [0.05, 0.1) is 5.69 Å². The third-order valence-electron chi connectivity index (χ3n) is 14.0. The van der Waals surface area contributed by atoms with E-state index in [4.69, 9.17) is 0 Å². The lowest BCUT2D eigenvalue weighted by atomic mass is 9.55. The molecule has 0 saturated carbocycles. The van der Waals surface area contributed by atoms with E-state index in [0.717, 1.165) is 50.7 Å². The first-order chi connectivity index (χ1) is 33.4.